The molecule has 0 saturated carbocycles. The smallest absolute Gasteiger partial charge is 0.657 e. The quantitative estimate of drug-likeness (QED) is 0.165. The van der Waals surface area contributed by atoms with Crippen LogP contribution in [0.15, 0.2) is 91.5 Å². The fourth-order valence-corrected chi connectivity index (χ4v) is 6.29. The minimum absolute atomic E-state index is 0. The number of anilines is 5. The van der Waals surface area contributed by atoms with Gasteiger partial charge >= 0.3 is 21.1 Å². The van der Waals surface area contributed by atoms with Crippen LogP contribution < -0.4 is 25.0 Å². The fourth-order valence-electron chi connectivity index (χ4n) is 6.29. The number of hydrogen-bond donors (Lipinski definition) is 1. The monoisotopic (exact) mass is 869 g/mol. The summed E-state index contributed by atoms with van der Waals surface area (Å²) in [5.41, 5.74) is 9.01. The van der Waals surface area contributed by atoms with Gasteiger partial charge < -0.3 is 25.0 Å². The van der Waals surface area contributed by atoms with Crippen LogP contribution in [0, 0.1) is 58.4 Å². The minimum Gasteiger partial charge on any atom is -0.657 e. The third-order valence-electron chi connectivity index (χ3n) is 8.42. The van der Waals surface area contributed by atoms with Crippen LogP contribution in [0.25, 0.3) is 32.9 Å². The molecule has 0 bridgehead atoms. The van der Waals surface area contributed by atoms with E-state index in [1.54, 1.807) is 17.9 Å². The van der Waals surface area contributed by atoms with Crippen molar-refractivity contribution in [2.24, 2.45) is 0 Å². The van der Waals surface area contributed by atoms with E-state index in [0.29, 0.717) is 28.5 Å². The molecule has 0 saturated heterocycles. The summed E-state index contributed by atoms with van der Waals surface area (Å²) in [6.07, 6.45) is 5.86. The molecule has 3 aromatic heterocycles. The SMILES string of the molecule is N#Cc1ccc2[n-]c3ccccc3c2c1.[2H]C([2H])([2H])N([CH-]Nc1[c-]c(N2[CH-]N(C([2H])([2H])[2H])c3nccnc32)cc(-c2c(C)cc(C)cc2C)c1)c1nccnc1C.[Pt+4]. The maximum atomic E-state index is 8.84. The van der Waals surface area contributed by atoms with Gasteiger partial charge in [0.05, 0.1) is 17.3 Å². The third kappa shape index (κ3) is 7.18. The Kier molecular flexibility index (Phi) is 8.45. The molecule has 0 amide bonds. The maximum Gasteiger partial charge on any atom is 4.00 e. The van der Waals surface area contributed by atoms with Gasteiger partial charge in [-0.1, -0.05) is 48.0 Å². The summed E-state index contributed by atoms with van der Waals surface area (Å²) in [6, 6.07) is 26.9. The van der Waals surface area contributed by atoms with Gasteiger partial charge in [-0.25, -0.2) is 15.0 Å². The molecule has 0 fully saturated rings. The molecule has 4 heterocycles. The second-order valence-corrected chi connectivity index (χ2v) is 12.1. The van der Waals surface area contributed by atoms with E-state index in [2.05, 4.69) is 54.5 Å². The molecular formula is C41H36N10Pt. The second-order valence-electron chi connectivity index (χ2n) is 12.1. The summed E-state index contributed by atoms with van der Waals surface area (Å²) >= 11 is 0. The predicted octanol–water partition coefficient (Wildman–Crippen LogP) is 8.16. The molecule has 1 N–H and O–H groups in total. The van der Waals surface area contributed by atoms with Crippen LogP contribution >= 0.6 is 0 Å². The number of rotatable bonds is 6. The van der Waals surface area contributed by atoms with Gasteiger partial charge in [0.15, 0.2) is 0 Å². The first-order chi connectivity index (χ1) is 27.1. The molecule has 8 rings (SSSR count). The summed E-state index contributed by atoms with van der Waals surface area (Å²) in [6.45, 7) is 5.45. The van der Waals surface area contributed by atoms with E-state index in [-0.39, 0.29) is 32.7 Å². The van der Waals surface area contributed by atoms with Gasteiger partial charge in [0, 0.05) is 33.0 Å². The van der Waals surface area contributed by atoms with Crippen molar-refractivity contribution in [1.29, 1.82) is 5.26 Å². The number of para-hydroxylation sites is 1. The van der Waals surface area contributed by atoms with Gasteiger partial charge in [0.1, 0.15) is 17.5 Å². The number of aryl methyl sites for hydroxylation is 4. The summed E-state index contributed by atoms with van der Waals surface area (Å²) < 4.78 is 48.4. The van der Waals surface area contributed by atoms with Crippen LogP contribution in [0.5, 0.6) is 0 Å². The van der Waals surface area contributed by atoms with E-state index in [1.807, 2.05) is 69.3 Å². The molecule has 52 heavy (non-hydrogen) atoms. The first kappa shape index (κ1) is 28.9. The van der Waals surface area contributed by atoms with Crippen LogP contribution in [0.3, 0.4) is 0 Å². The standard InChI is InChI=1S/C28H29N8.C13H7N2.Pt/c1-18-11-19(2)25(20(3)12-18)22-13-23(33-16-34(5)26-21(4)29-7-8-30-26)15-24(14-22)36-17-35(6)27-28(36)32-10-9-31-27;14-8-9-5-6-13-11(7-9)10-3-1-2-4-12(10)15-13;/h7-14,16-17,33H,1-6H3;1-7H;/q-3;-1;+4/i5D3,6D3;;. The number of benzene rings is 4. The summed E-state index contributed by atoms with van der Waals surface area (Å²) in [4.78, 5) is 25.3. The largest absolute Gasteiger partial charge is 4.00 e. The molecule has 0 unspecified atom stereocenters. The van der Waals surface area contributed by atoms with Gasteiger partial charge in [-0.2, -0.15) is 11.9 Å². The molecular weight excluding hydrogens is 828 g/mol. The third-order valence-corrected chi connectivity index (χ3v) is 8.42. The number of nitriles is 1. The molecule has 260 valence electrons. The van der Waals surface area contributed by atoms with Crippen molar-refractivity contribution in [2.45, 2.75) is 27.7 Å². The van der Waals surface area contributed by atoms with Crippen LogP contribution in [0.4, 0.5) is 28.8 Å². The first-order valence-electron chi connectivity index (χ1n) is 19.0. The average Bonchev–Trinajstić information content (AvgIpc) is 3.74. The normalized spacial score (nSPS) is 14.0. The number of hydrogen-bond acceptors (Lipinski definition) is 9. The molecule has 0 aliphatic carbocycles. The summed E-state index contributed by atoms with van der Waals surface area (Å²) in [7, 11) is 0. The van der Waals surface area contributed by atoms with Crippen molar-refractivity contribution in [1.82, 2.24) is 24.9 Å². The molecule has 4 aromatic carbocycles. The Balaban J connectivity index is 0.000000294. The fraction of sp³-hybridized carbons (Fsp3) is 0.146. The van der Waals surface area contributed by atoms with Crippen LogP contribution in [0.2, 0.25) is 0 Å². The van der Waals surface area contributed by atoms with Crippen molar-refractivity contribution < 1.29 is 29.3 Å². The van der Waals surface area contributed by atoms with E-state index in [0.717, 1.165) is 59.4 Å². The molecule has 0 spiro atoms. The Morgan fingerprint density at radius 2 is 1.62 bits per heavy atom. The number of aromatic nitrogens is 5. The Morgan fingerprint density at radius 1 is 0.885 bits per heavy atom. The van der Waals surface area contributed by atoms with Gasteiger partial charge in [-0.05, 0) is 81.2 Å². The van der Waals surface area contributed by atoms with Crippen molar-refractivity contribution in [2.75, 3.05) is 34.0 Å². The molecule has 0 atom stereocenters. The Morgan fingerprint density at radius 3 is 2.37 bits per heavy atom. The molecule has 10 nitrogen and oxygen atoms in total. The zero-order valence-electron chi connectivity index (χ0n) is 34.7. The van der Waals surface area contributed by atoms with E-state index >= 15 is 0 Å². The molecule has 1 aliphatic heterocycles. The topological polar surface area (TPSA) is 111 Å². The summed E-state index contributed by atoms with van der Waals surface area (Å²) in [5, 5.41) is 14.1. The number of nitrogens with one attached hydrogen (secondary N) is 1. The van der Waals surface area contributed by atoms with Crippen LogP contribution in [0.1, 0.15) is 36.2 Å². The molecule has 11 heteroatoms. The molecule has 7 aromatic rings. The summed E-state index contributed by atoms with van der Waals surface area (Å²) in [5.74, 6) is 0.692. The van der Waals surface area contributed by atoms with Crippen molar-refractivity contribution >= 4 is 50.6 Å². The van der Waals surface area contributed by atoms with Crippen LogP contribution in [-0.2, 0) is 21.1 Å². The van der Waals surface area contributed by atoms with E-state index < -0.39 is 14.0 Å². The average molecular weight is 870 g/mol. The van der Waals surface area contributed by atoms with Crippen LogP contribution in [-0.4, -0.2) is 33.9 Å². The van der Waals surface area contributed by atoms with Gasteiger partial charge in [0.2, 0.25) is 0 Å². The minimum atomic E-state index is -2.56. The zero-order valence-corrected chi connectivity index (χ0v) is 30.9. The van der Waals surface area contributed by atoms with Gasteiger partial charge in [0.25, 0.3) is 0 Å². The van der Waals surface area contributed by atoms with Gasteiger partial charge in [-0.15, -0.1) is 52.8 Å². The first-order valence-corrected chi connectivity index (χ1v) is 16.0. The van der Waals surface area contributed by atoms with E-state index in [4.69, 9.17) is 13.5 Å². The second kappa shape index (κ2) is 15.2. The van der Waals surface area contributed by atoms with E-state index in [9.17, 15) is 0 Å². The predicted molar refractivity (Wildman–Crippen MR) is 204 cm³/mol. The number of nitrogens with zero attached hydrogens (tertiary/aromatic N) is 9. The Bertz CT molecular complexity index is 2630. The van der Waals surface area contributed by atoms with E-state index in [1.165, 1.54) is 38.1 Å². The number of fused-ring (bicyclic) bond motifs is 4. The van der Waals surface area contributed by atoms with Crippen molar-refractivity contribution in [3.8, 4) is 17.2 Å². The van der Waals surface area contributed by atoms with Gasteiger partial charge in [-0.3, -0.25) is 4.98 Å². The zero-order chi connectivity index (χ0) is 40.6. The molecule has 1 aliphatic rings. The Hall–Kier alpha value is -5.78. The van der Waals surface area contributed by atoms with Crippen molar-refractivity contribution in [3.63, 3.8) is 0 Å². The maximum absolute atomic E-state index is 8.84. The Labute approximate surface area is 326 Å². The molecule has 0 radical (unpaired) electrons. The van der Waals surface area contributed by atoms with Crippen molar-refractivity contribution in [3.05, 3.63) is 139 Å².